The molecule has 0 radical (unpaired) electrons. The number of rotatable bonds is 10. The standard InChI is InChI=1S/C25H31Cl2N3O5S/c1-17(25(32)28-21-9-4-5-10-21)29(15-18-7-6-8-19(26)13-18)24(31)16-30(36(3,33)34)22-14-20(27)11-12-23(22)35-2/h6-8,11-14,17,21H,4-5,9-10,15-16H2,1-3H3,(H,28,32). The number of methoxy groups -OCH3 is 1. The zero-order valence-corrected chi connectivity index (χ0v) is 22.9. The summed E-state index contributed by atoms with van der Waals surface area (Å²) in [4.78, 5) is 28.1. The molecule has 0 spiro atoms. The van der Waals surface area contributed by atoms with E-state index < -0.39 is 28.5 Å². The van der Waals surface area contributed by atoms with Crippen LogP contribution in [0.1, 0.15) is 38.2 Å². The van der Waals surface area contributed by atoms with Crippen LogP contribution in [0.15, 0.2) is 42.5 Å². The van der Waals surface area contributed by atoms with Crippen LogP contribution in [0.4, 0.5) is 5.69 Å². The van der Waals surface area contributed by atoms with Crippen LogP contribution in [0, 0.1) is 0 Å². The Balaban J connectivity index is 1.93. The summed E-state index contributed by atoms with van der Waals surface area (Å²) in [7, 11) is -2.52. The van der Waals surface area contributed by atoms with Crippen molar-refractivity contribution in [3.05, 3.63) is 58.1 Å². The van der Waals surface area contributed by atoms with Crippen LogP contribution in [0.3, 0.4) is 0 Å². The number of anilines is 1. The molecular formula is C25H31Cl2N3O5S. The Morgan fingerprint density at radius 3 is 2.39 bits per heavy atom. The zero-order chi connectivity index (χ0) is 26.5. The number of nitrogens with one attached hydrogen (secondary N) is 1. The first-order chi connectivity index (χ1) is 17.0. The maximum absolute atomic E-state index is 13.7. The van der Waals surface area contributed by atoms with Crippen molar-refractivity contribution >= 4 is 50.7 Å². The van der Waals surface area contributed by atoms with Gasteiger partial charge in [-0.15, -0.1) is 0 Å². The molecule has 1 saturated carbocycles. The van der Waals surface area contributed by atoms with E-state index >= 15 is 0 Å². The maximum atomic E-state index is 13.7. The van der Waals surface area contributed by atoms with Crippen LogP contribution in [-0.4, -0.2) is 57.1 Å². The van der Waals surface area contributed by atoms with Crippen molar-refractivity contribution in [2.45, 2.75) is 51.2 Å². The van der Waals surface area contributed by atoms with Gasteiger partial charge in [0.2, 0.25) is 21.8 Å². The first kappa shape index (κ1) is 28.1. The van der Waals surface area contributed by atoms with E-state index in [9.17, 15) is 18.0 Å². The highest BCUT2D eigenvalue weighted by atomic mass is 35.5. The van der Waals surface area contributed by atoms with Gasteiger partial charge in [0.05, 0.1) is 19.1 Å². The molecule has 1 aliphatic carbocycles. The summed E-state index contributed by atoms with van der Waals surface area (Å²) in [5.41, 5.74) is 0.842. The monoisotopic (exact) mass is 555 g/mol. The van der Waals surface area contributed by atoms with Crippen molar-refractivity contribution in [1.29, 1.82) is 0 Å². The molecule has 1 unspecified atom stereocenters. The summed E-state index contributed by atoms with van der Waals surface area (Å²) in [5, 5.41) is 3.80. The molecule has 1 N–H and O–H groups in total. The molecule has 36 heavy (non-hydrogen) atoms. The second-order valence-electron chi connectivity index (χ2n) is 8.90. The van der Waals surface area contributed by atoms with E-state index in [4.69, 9.17) is 27.9 Å². The van der Waals surface area contributed by atoms with E-state index in [1.165, 1.54) is 24.1 Å². The topological polar surface area (TPSA) is 96.0 Å². The van der Waals surface area contributed by atoms with Gasteiger partial charge in [-0.05, 0) is 55.7 Å². The third-order valence-electron chi connectivity index (χ3n) is 6.20. The molecule has 0 aliphatic heterocycles. The third kappa shape index (κ3) is 7.27. The van der Waals surface area contributed by atoms with Gasteiger partial charge in [-0.1, -0.05) is 48.2 Å². The Morgan fingerprint density at radius 2 is 1.78 bits per heavy atom. The maximum Gasteiger partial charge on any atom is 0.244 e. The van der Waals surface area contributed by atoms with Gasteiger partial charge >= 0.3 is 0 Å². The minimum Gasteiger partial charge on any atom is -0.495 e. The van der Waals surface area contributed by atoms with Gasteiger partial charge in [-0.3, -0.25) is 13.9 Å². The summed E-state index contributed by atoms with van der Waals surface area (Å²) in [6, 6.07) is 10.7. The van der Waals surface area contributed by atoms with Crippen molar-refractivity contribution in [3.8, 4) is 5.75 Å². The number of hydrogen-bond donors (Lipinski definition) is 1. The quantitative estimate of drug-likeness (QED) is 0.472. The Hall–Kier alpha value is -2.49. The van der Waals surface area contributed by atoms with Crippen LogP contribution in [0.25, 0.3) is 0 Å². The van der Waals surface area contributed by atoms with E-state index in [2.05, 4.69) is 5.32 Å². The van der Waals surface area contributed by atoms with Crippen molar-refractivity contribution in [3.63, 3.8) is 0 Å². The lowest BCUT2D eigenvalue weighted by Gasteiger charge is -2.32. The van der Waals surface area contributed by atoms with Crippen LogP contribution in [0.2, 0.25) is 10.0 Å². The lowest BCUT2D eigenvalue weighted by molar-refractivity contribution is -0.139. The normalized spacial score (nSPS) is 14.8. The van der Waals surface area contributed by atoms with Gasteiger partial charge in [-0.25, -0.2) is 8.42 Å². The molecule has 3 rings (SSSR count). The molecule has 0 aromatic heterocycles. The molecule has 1 atom stereocenters. The lowest BCUT2D eigenvalue weighted by atomic mass is 10.1. The molecule has 1 fully saturated rings. The van der Waals surface area contributed by atoms with E-state index in [1.807, 2.05) is 0 Å². The average molecular weight is 557 g/mol. The first-order valence-electron chi connectivity index (χ1n) is 11.6. The minimum atomic E-state index is -3.91. The summed E-state index contributed by atoms with van der Waals surface area (Å²) in [6.45, 7) is 1.16. The van der Waals surface area contributed by atoms with Crippen LogP contribution in [0.5, 0.6) is 5.75 Å². The molecule has 2 amide bonds. The molecule has 196 valence electrons. The van der Waals surface area contributed by atoms with E-state index in [0.717, 1.165) is 36.2 Å². The summed E-state index contributed by atoms with van der Waals surface area (Å²) in [6.07, 6.45) is 4.90. The average Bonchev–Trinajstić information content (AvgIpc) is 3.32. The number of sulfonamides is 1. The SMILES string of the molecule is COc1ccc(Cl)cc1N(CC(=O)N(Cc1cccc(Cl)c1)C(C)C(=O)NC1CCCC1)S(C)(=O)=O. The van der Waals surface area contributed by atoms with Gasteiger partial charge in [0.1, 0.15) is 18.3 Å². The largest absolute Gasteiger partial charge is 0.495 e. The lowest BCUT2D eigenvalue weighted by Crippen LogP contribution is -2.52. The van der Waals surface area contributed by atoms with E-state index in [1.54, 1.807) is 37.3 Å². The summed E-state index contributed by atoms with van der Waals surface area (Å²) < 4.78 is 31.8. The molecule has 8 nitrogen and oxygen atoms in total. The molecule has 0 bridgehead atoms. The zero-order valence-electron chi connectivity index (χ0n) is 20.5. The van der Waals surface area contributed by atoms with Gasteiger partial charge in [0.15, 0.2) is 0 Å². The highest BCUT2D eigenvalue weighted by molar-refractivity contribution is 7.92. The number of benzene rings is 2. The second kappa shape index (κ2) is 12.2. The van der Waals surface area contributed by atoms with Crippen molar-refractivity contribution in [2.75, 3.05) is 24.2 Å². The van der Waals surface area contributed by atoms with Crippen LogP contribution in [-0.2, 0) is 26.2 Å². The van der Waals surface area contributed by atoms with Gasteiger partial charge in [0.25, 0.3) is 0 Å². The number of nitrogens with zero attached hydrogens (tertiary/aromatic N) is 2. The highest BCUT2D eigenvalue weighted by Gasteiger charge is 2.32. The molecule has 0 saturated heterocycles. The predicted octanol–water partition coefficient (Wildman–Crippen LogP) is 4.24. The molecule has 1 aliphatic rings. The minimum absolute atomic E-state index is 0.0724. The predicted molar refractivity (Wildman–Crippen MR) is 142 cm³/mol. The summed E-state index contributed by atoms with van der Waals surface area (Å²) in [5.74, 6) is -0.605. The van der Waals surface area contributed by atoms with Gasteiger partial charge in [0, 0.05) is 22.6 Å². The molecule has 0 heterocycles. The Kier molecular flexibility index (Phi) is 9.49. The summed E-state index contributed by atoms with van der Waals surface area (Å²) >= 11 is 12.3. The Bertz CT molecular complexity index is 1200. The Morgan fingerprint density at radius 1 is 1.11 bits per heavy atom. The second-order valence-corrected chi connectivity index (χ2v) is 11.7. The highest BCUT2D eigenvalue weighted by Crippen LogP contribution is 2.33. The molecular weight excluding hydrogens is 525 g/mol. The number of carbonyl (C=O) groups is 2. The Labute approximate surface area is 222 Å². The molecule has 2 aromatic carbocycles. The first-order valence-corrected chi connectivity index (χ1v) is 14.3. The number of halogens is 2. The van der Waals surface area contributed by atoms with Crippen molar-refractivity contribution in [2.24, 2.45) is 0 Å². The van der Waals surface area contributed by atoms with Crippen LogP contribution < -0.4 is 14.4 Å². The van der Waals surface area contributed by atoms with Gasteiger partial charge in [-0.2, -0.15) is 0 Å². The fourth-order valence-corrected chi connectivity index (χ4v) is 5.48. The molecule has 2 aromatic rings. The number of carbonyl (C=O) groups excluding carboxylic acids is 2. The fourth-order valence-electron chi connectivity index (χ4n) is 4.26. The fraction of sp³-hybridized carbons (Fsp3) is 0.440. The molecule has 11 heteroatoms. The number of amides is 2. The van der Waals surface area contributed by atoms with Crippen LogP contribution >= 0.6 is 23.2 Å². The van der Waals surface area contributed by atoms with Crippen molar-refractivity contribution < 1.29 is 22.7 Å². The van der Waals surface area contributed by atoms with E-state index in [0.29, 0.717) is 10.6 Å². The van der Waals surface area contributed by atoms with E-state index in [-0.39, 0.29) is 35.0 Å². The number of ether oxygens (including phenoxy) is 1. The number of hydrogen-bond acceptors (Lipinski definition) is 5. The third-order valence-corrected chi connectivity index (χ3v) is 7.80. The van der Waals surface area contributed by atoms with Gasteiger partial charge < -0.3 is 15.0 Å². The smallest absolute Gasteiger partial charge is 0.244 e. The van der Waals surface area contributed by atoms with Crippen molar-refractivity contribution in [1.82, 2.24) is 10.2 Å².